The molecule has 32 heavy (non-hydrogen) atoms. The van der Waals surface area contributed by atoms with Gasteiger partial charge in [-0.2, -0.15) is 0 Å². The van der Waals surface area contributed by atoms with Crippen molar-refractivity contribution < 1.29 is 12.8 Å². The second-order valence-corrected chi connectivity index (χ2v) is 9.98. The van der Waals surface area contributed by atoms with Gasteiger partial charge in [-0.15, -0.1) is 10.2 Å². The third-order valence-electron chi connectivity index (χ3n) is 4.75. The topological polar surface area (TPSA) is 84.0 Å². The van der Waals surface area contributed by atoms with E-state index in [2.05, 4.69) is 20.2 Å². The molecule has 164 valence electrons. The van der Waals surface area contributed by atoms with Crippen LogP contribution in [0.25, 0.3) is 0 Å². The molecule has 4 aromatic rings. The van der Waals surface area contributed by atoms with Gasteiger partial charge in [0.1, 0.15) is 10.8 Å². The number of halogens is 1. The van der Waals surface area contributed by atoms with Gasteiger partial charge in [-0.3, -0.25) is 0 Å². The average molecular weight is 469 g/mol. The maximum Gasteiger partial charge on any atom is 0.241 e. The highest BCUT2D eigenvalue weighted by atomic mass is 32.2. The highest BCUT2D eigenvalue weighted by Gasteiger charge is 2.25. The van der Waals surface area contributed by atoms with Gasteiger partial charge in [0.25, 0.3) is 0 Å². The molecule has 0 fully saturated rings. The molecule has 0 saturated heterocycles. The maximum absolute atomic E-state index is 13.1. The van der Waals surface area contributed by atoms with Crippen molar-refractivity contribution in [3.8, 4) is 0 Å². The van der Waals surface area contributed by atoms with Crippen molar-refractivity contribution in [1.29, 1.82) is 0 Å². The number of rotatable bonds is 8. The van der Waals surface area contributed by atoms with Crippen molar-refractivity contribution in [2.24, 2.45) is 0 Å². The summed E-state index contributed by atoms with van der Waals surface area (Å²) in [4.78, 5) is 0.190. The number of hydrogen-bond acceptors (Lipinski definition) is 6. The summed E-state index contributed by atoms with van der Waals surface area (Å²) in [7, 11) is -3.77. The van der Waals surface area contributed by atoms with E-state index in [1.54, 1.807) is 36.4 Å². The van der Waals surface area contributed by atoms with Crippen LogP contribution in [0.1, 0.15) is 22.2 Å². The highest BCUT2D eigenvalue weighted by Crippen LogP contribution is 2.28. The number of aromatic nitrogens is 2. The summed E-state index contributed by atoms with van der Waals surface area (Å²) >= 11 is 1.24. The predicted octanol–water partition coefficient (Wildman–Crippen LogP) is 4.99. The van der Waals surface area contributed by atoms with Crippen LogP contribution in [0.3, 0.4) is 0 Å². The van der Waals surface area contributed by atoms with Gasteiger partial charge in [-0.05, 0) is 55.3 Å². The Morgan fingerprint density at radius 1 is 0.938 bits per heavy atom. The molecule has 0 spiro atoms. The van der Waals surface area contributed by atoms with E-state index in [1.807, 2.05) is 37.3 Å². The lowest BCUT2D eigenvalue weighted by molar-refractivity contribution is 0.552. The van der Waals surface area contributed by atoms with Crippen molar-refractivity contribution >= 4 is 32.2 Å². The fraction of sp³-hybridized carbons (Fsp3) is 0.130. The number of anilines is 2. The summed E-state index contributed by atoms with van der Waals surface area (Å²) in [5.74, 6) is -0.332. The number of nitrogens with one attached hydrogen (secondary N) is 2. The van der Waals surface area contributed by atoms with Gasteiger partial charge in [0.05, 0.1) is 10.9 Å². The lowest BCUT2D eigenvalue weighted by Crippen LogP contribution is -2.30. The molecular formula is C23H21FN4O2S2. The molecule has 0 amide bonds. The molecule has 2 N–H and O–H groups in total. The van der Waals surface area contributed by atoms with Gasteiger partial charge < -0.3 is 5.32 Å². The van der Waals surface area contributed by atoms with Gasteiger partial charge in [0.2, 0.25) is 15.2 Å². The summed E-state index contributed by atoms with van der Waals surface area (Å²) < 4.78 is 42.0. The molecule has 1 aromatic heterocycles. The third kappa shape index (κ3) is 5.56. The zero-order valence-electron chi connectivity index (χ0n) is 17.2. The molecule has 3 aromatic carbocycles. The number of nitrogens with zero attached hydrogens (tertiary/aromatic N) is 2. The molecule has 0 aliphatic heterocycles. The van der Waals surface area contributed by atoms with Crippen LogP contribution in [0.4, 0.5) is 15.2 Å². The summed E-state index contributed by atoms with van der Waals surface area (Å²) in [5, 5.41) is 12.4. The number of sulfonamides is 1. The fourth-order valence-corrected chi connectivity index (χ4v) is 5.17. The lowest BCUT2D eigenvalue weighted by Gasteiger charge is -2.16. The van der Waals surface area contributed by atoms with Crippen LogP contribution >= 0.6 is 11.3 Å². The Morgan fingerprint density at radius 3 is 2.31 bits per heavy atom. The number of hydrogen-bond donors (Lipinski definition) is 2. The summed E-state index contributed by atoms with van der Waals surface area (Å²) in [5.41, 5.74) is 2.60. The van der Waals surface area contributed by atoms with Crippen molar-refractivity contribution in [1.82, 2.24) is 14.9 Å². The Morgan fingerprint density at radius 2 is 1.62 bits per heavy atom. The second kappa shape index (κ2) is 9.56. The summed E-state index contributed by atoms with van der Waals surface area (Å²) in [6, 6.07) is 21.6. The Hall–Kier alpha value is -3.14. The van der Waals surface area contributed by atoms with Crippen molar-refractivity contribution in [2.45, 2.75) is 24.3 Å². The van der Waals surface area contributed by atoms with Crippen molar-refractivity contribution in [2.75, 3.05) is 5.32 Å². The smallest absolute Gasteiger partial charge is 0.241 e. The van der Waals surface area contributed by atoms with E-state index in [9.17, 15) is 12.8 Å². The molecule has 1 heterocycles. The minimum atomic E-state index is -3.77. The number of aryl methyl sites for hydroxylation is 1. The first kappa shape index (κ1) is 22.1. The molecule has 1 atom stereocenters. The molecule has 0 bridgehead atoms. The van der Waals surface area contributed by atoms with E-state index < -0.39 is 16.1 Å². The Balaban J connectivity index is 1.60. The standard InChI is InChI=1S/C23H21FN4O2S2/c1-16-7-13-20(14-8-16)32(29,30)28-21(15-17-5-3-2-4-6-17)22-26-27-23(31-22)25-19-11-9-18(24)10-12-19/h2-14,21,28H,15H2,1H3,(H,25,27). The monoisotopic (exact) mass is 468 g/mol. The van der Waals surface area contributed by atoms with Crippen LogP contribution in [-0.2, 0) is 16.4 Å². The molecule has 9 heteroatoms. The van der Waals surface area contributed by atoms with Gasteiger partial charge in [0.15, 0.2) is 0 Å². The van der Waals surface area contributed by atoms with E-state index in [4.69, 9.17) is 0 Å². The van der Waals surface area contributed by atoms with Gasteiger partial charge in [0, 0.05) is 5.69 Å². The molecule has 0 radical (unpaired) electrons. The van der Waals surface area contributed by atoms with E-state index in [1.165, 1.54) is 23.5 Å². The van der Waals surface area contributed by atoms with Crippen LogP contribution < -0.4 is 10.0 Å². The molecule has 1 unspecified atom stereocenters. The molecule has 0 aliphatic carbocycles. The Kier molecular flexibility index (Phi) is 6.59. The first-order chi connectivity index (χ1) is 15.4. The highest BCUT2D eigenvalue weighted by molar-refractivity contribution is 7.89. The largest absolute Gasteiger partial charge is 0.330 e. The van der Waals surface area contributed by atoms with Crippen LogP contribution in [0.5, 0.6) is 0 Å². The van der Waals surface area contributed by atoms with Crippen LogP contribution in [0, 0.1) is 12.7 Å². The second-order valence-electron chi connectivity index (χ2n) is 7.25. The minimum Gasteiger partial charge on any atom is -0.330 e. The Labute approximate surface area is 190 Å². The zero-order chi connectivity index (χ0) is 22.6. The fourth-order valence-electron chi connectivity index (χ4n) is 3.08. The van der Waals surface area contributed by atoms with Gasteiger partial charge in [-0.1, -0.05) is 59.4 Å². The minimum absolute atomic E-state index is 0.190. The molecule has 4 rings (SSSR count). The van der Waals surface area contributed by atoms with Gasteiger partial charge in [-0.25, -0.2) is 17.5 Å². The first-order valence-electron chi connectivity index (χ1n) is 9.88. The lowest BCUT2D eigenvalue weighted by atomic mass is 10.1. The van der Waals surface area contributed by atoms with Crippen LogP contribution in [0.2, 0.25) is 0 Å². The number of benzene rings is 3. The first-order valence-corrected chi connectivity index (χ1v) is 12.2. The quantitative estimate of drug-likeness (QED) is 0.381. The van der Waals surface area contributed by atoms with E-state index in [-0.39, 0.29) is 10.7 Å². The predicted molar refractivity (Wildman–Crippen MR) is 124 cm³/mol. The molecule has 0 saturated carbocycles. The van der Waals surface area contributed by atoms with Crippen molar-refractivity contribution in [3.63, 3.8) is 0 Å². The maximum atomic E-state index is 13.1. The van der Waals surface area contributed by atoms with Gasteiger partial charge >= 0.3 is 0 Å². The SMILES string of the molecule is Cc1ccc(S(=O)(=O)NC(Cc2ccccc2)c2nnc(Nc3ccc(F)cc3)s2)cc1. The van der Waals surface area contributed by atoms with Crippen molar-refractivity contribution in [3.05, 3.63) is 101 Å². The van der Waals surface area contributed by atoms with E-state index in [0.717, 1.165) is 11.1 Å². The third-order valence-corrected chi connectivity index (χ3v) is 7.19. The van der Waals surface area contributed by atoms with Crippen LogP contribution in [-0.4, -0.2) is 18.6 Å². The summed E-state index contributed by atoms with van der Waals surface area (Å²) in [6.07, 6.45) is 0.414. The van der Waals surface area contributed by atoms with E-state index in [0.29, 0.717) is 22.2 Å². The normalized spacial score (nSPS) is 12.4. The average Bonchev–Trinajstić information content (AvgIpc) is 3.24. The van der Waals surface area contributed by atoms with Crippen LogP contribution in [0.15, 0.2) is 83.8 Å². The van der Waals surface area contributed by atoms with E-state index >= 15 is 0 Å². The zero-order valence-corrected chi connectivity index (χ0v) is 18.8. The molecule has 0 aliphatic rings. The molecular weight excluding hydrogens is 447 g/mol. The Bertz CT molecular complexity index is 1280. The molecule has 6 nitrogen and oxygen atoms in total. The summed E-state index contributed by atoms with van der Waals surface area (Å²) in [6.45, 7) is 1.90.